The lowest BCUT2D eigenvalue weighted by molar-refractivity contribution is 0.205. The van der Waals surface area contributed by atoms with Crippen molar-refractivity contribution < 1.29 is 9.47 Å². The fraction of sp³-hybridized carbons (Fsp3) is 0.500. The molecule has 2 fully saturated rings. The molecule has 2 saturated heterocycles. The summed E-state index contributed by atoms with van der Waals surface area (Å²) in [6, 6.07) is 8.60. The monoisotopic (exact) mass is 434 g/mol. The number of aromatic nitrogens is 1. The summed E-state index contributed by atoms with van der Waals surface area (Å²) in [5.74, 6) is 3.44. The van der Waals surface area contributed by atoms with E-state index in [9.17, 15) is 0 Å². The van der Waals surface area contributed by atoms with Crippen LogP contribution in [0.5, 0.6) is 5.75 Å². The van der Waals surface area contributed by atoms with E-state index < -0.39 is 0 Å². The molecular weight excluding hydrogens is 400 g/mol. The zero-order valence-electron chi connectivity index (χ0n) is 19.2. The number of nitrogens with zero attached hydrogens (tertiary/aromatic N) is 2. The van der Waals surface area contributed by atoms with Gasteiger partial charge in [0.1, 0.15) is 12.4 Å². The predicted molar refractivity (Wildman–Crippen MR) is 130 cm³/mol. The number of methoxy groups -OCH3 is 1. The summed E-state index contributed by atoms with van der Waals surface area (Å²) in [7, 11) is 3.66. The van der Waals surface area contributed by atoms with Crippen LogP contribution in [-0.4, -0.2) is 58.5 Å². The molecule has 0 amide bonds. The Morgan fingerprint density at radius 3 is 2.84 bits per heavy atom. The molecule has 170 valence electrons. The van der Waals surface area contributed by atoms with Crippen LogP contribution in [-0.2, 0) is 4.74 Å². The van der Waals surface area contributed by atoms with Gasteiger partial charge in [-0.2, -0.15) is 0 Å². The highest BCUT2D eigenvalue weighted by Crippen LogP contribution is 2.38. The van der Waals surface area contributed by atoms with Crippen LogP contribution in [0, 0.1) is 11.8 Å². The SMILES string of the molecule is CNCCOC1=CC=C(c2cc(N3CC4CCNCC4C3)c3ccc(OC)cc3n2)CC1. The van der Waals surface area contributed by atoms with Crippen molar-refractivity contribution in [1.29, 1.82) is 0 Å². The Kier molecular flexibility index (Phi) is 6.32. The molecule has 1 aromatic heterocycles. The van der Waals surface area contributed by atoms with E-state index in [2.05, 4.69) is 52.0 Å². The largest absolute Gasteiger partial charge is 0.497 e. The van der Waals surface area contributed by atoms with Crippen molar-refractivity contribution in [2.45, 2.75) is 19.3 Å². The number of hydrogen-bond acceptors (Lipinski definition) is 6. The zero-order chi connectivity index (χ0) is 21.9. The molecule has 0 spiro atoms. The van der Waals surface area contributed by atoms with Gasteiger partial charge in [0.25, 0.3) is 0 Å². The summed E-state index contributed by atoms with van der Waals surface area (Å²) in [6.45, 7) is 6.10. The molecule has 0 radical (unpaired) electrons. The quantitative estimate of drug-likeness (QED) is 0.650. The number of nitrogens with one attached hydrogen (secondary N) is 2. The van der Waals surface area contributed by atoms with Gasteiger partial charge in [-0.15, -0.1) is 0 Å². The van der Waals surface area contributed by atoms with E-state index in [-0.39, 0.29) is 0 Å². The molecule has 0 saturated carbocycles. The normalized spacial score (nSPS) is 23.0. The third-order valence-corrected chi connectivity index (χ3v) is 7.09. The maximum Gasteiger partial charge on any atom is 0.121 e. The van der Waals surface area contributed by atoms with Crippen LogP contribution in [0.15, 0.2) is 42.2 Å². The Balaban J connectivity index is 1.48. The highest BCUT2D eigenvalue weighted by atomic mass is 16.5. The van der Waals surface area contributed by atoms with Gasteiger partial charge in [0.2, 0.25) is 0 Å². The predicted octanol–water partition coefficient (Wildman–Crippen LogP) is 3.59. The molecule has 6 heteroatoms. The van der Waals surface area contributed by atoms with E-state index in [4.69, 9.17) is 14.5 Å². The fourth-order valence-electron chi connectivity index (χ4n) is 5.25. The van der Waals surface area contributed by atoms with Gasteiger partial charge in [0, 0.05) is 43.2 Å². The average molecular weight is 435 g/mol. The number of benzene rings is 1. The molecule has 2 aliphatic heterocycles. The Bertz CT molecular complexity index is 1020. The first-order valence-electron chi connectivity index (χ1n) is 11.9. The van der Waals surface area contributed by atoms with E-state index in [0.717, 1.165) is 80.1 Å². The first kappa shape index (κ1) is 21.3. The van der Waals surface area contributed by atoms with Crippen LogP contribution < -0.4 is 20.3 Å². The molecule has 2 atom stereocenters. The first-order chi connectivity index (χ1) is 15.7. The number of ether oxygens (including phenoxy) is 2. The van der Waals surface area contributed by atoms with Crippen LogP contribution >= 0.6 is 0 Å². The van der Waals surface area contributed by atoms with Crippen molar-refractivity contribution in [3.05, 3.63) is 47.9 Å². The summed E-state index contributed by atoms with van der Waals surface area (Å²) in [6.07, 6.45) is 7.44. The molecule has 3 aliphatic rings. The van der Waals surface area contributed by atoms with Gasteiger partial charge in [-0.05, 0) is 74.7 Å². The highest BCUT2D eigenvalue weighted by Gasteiger charge is 2.35. The van der Waals surface area contributed by atoms with Gasteiger partial charge in [-0.1, -0.05) is 6.08 Å². The van der Waals surface area contributed by atoms with Gasteiger partial charge in [-0.25, -0.2) is 4.98 Å². The van der Waals surface area contributed by atoms with E-state index >= 15 is 0 Å². The number of piperidine rings is 1. The maximum atomic E-state index is 5.87. The second-order valence-electron chi connectivity index (χ2n) is 9.10. The minimum Gasteiger partial charge on any atom is -0.497 e. The van der Waals surface area contributed by atoms with Crippen LogP contribution in [0.4, 0.5) is 5.69 Å². The van der Waals surface area contributed by atoms with Crippen molar-refractivity contribution >= 4 is 22.2 Å². The smallest absolute Gasteiger partial charge is 0.121 e. The second-order valence-corrected chi connectivity index (χ2v) is 9.10. The lowest BCUT2D eigenvalue weighted by Crippen LogP contribution is -2.35. The van der Waals surface area contributed by atoms with Crippen LogP contribution in [0.3, 0.4) is 0 Å². The molecule has 1 aliphatic carbocycles. The van der Waals surface area contributed by atoms with Gasteiger partial charge >= 0.3 is 0 Å². The van der Waals surface area contributed by atoms with Crippen molar-refractivity contribution in [2.24, 2.45) is 11.8 Å². The minimum absolute atomic E-state index is 0.704. The molecule has 1 aromatic carbocycles. The molecule has 2 aromatic rings. The number of hydrogen-bond donors (Lipinski definition) is 2. The number of anilines is 1. The topological polar surface area (TPSA) is 58.7 Å². The zero-order valence-corrected chi connectivity index (χ0v) is 19.2. The van der Waals surface area contributed by atoms with E-state index in [0.29, 0.717) is 6.61 Å². The maximum absolute atomic E-state index is 5.87. The van der Waals surface area contributed by atoms with Crippen LogP contribution in [0.25, 0.3) is 16.5 Å². The second kappa shape index (κ2) is 9.51. The Labute approximate surface area is 190 Å². The summed E-state index contributed by atoms with van der Waals surface area (Å²) >= 11 is 0. The van der Waals surface area contributed by atoms with E-state index in [1.807, 2.05) is 7.05 Å². The Morgan fingerprint density at radius 1 is 1.16 bits per heavy atom. The number of pyridine rings is 1. The molecule has 6 nitrogen and oxygen atoms in total. The van der Waals surface area contributed by atoms with E-state index in [1.54, 1.807) is 7.11 Å². The molecule has 3 heterocycles. The number of allylic oxidation sites excluding steroid dienone is 4. The Hall–Kier alpha value is -2.57. The average Bonchev–Trinajstić information content (AvgIpc) is 3.28. The molecule has 5 rings (SSSR count). The summed E-state index contributed by atoms with van der Waals surface area (Å²) in [4.78, 5) is 7.65. The molecule has 2 N–H and O–H groups in total. The summed E-state index contributed by atoms with van der Waals surface area (Å²) < 4.78 is 11.4. The highest BCUT2D eigenvalue weighted by molar-refractivity contribution is 5.94. The van der Waals surface area contributed by atoms with Gasteiger partial charge in [0.05, 0.1) is 24.1 Å². The van der Waals surface area contributed by atoms with Crippen molar-refractivity contribution in [3.63, 3.8) is 0 Å². The molecule has 2 unspecified atom stereocenters. The molecule has 32 heavy (non-hydrogen) atoms. The lowest BCUT2D eigenvalue weighted by atomic mass is 9.90. The van der Waals surface area contributed by atoms with Crippen molar-refractivity contribution in [2.75, 3.05) is 58.4 Å². The van der Waals surface area contributed by atoms with Gasteiger partial charge < -0.3 is 25.0 Å². The van der Waals surface area contributed by atoms with E-state index in [1.165, 1.54) is 23.1 Å². The van der Waals surface area contributed by atoms with Crippen LogP contribution in [0.1, 0.15) is 25.0 Å². The summed E-state index contributed by atoms with van der Waals surface area (Å²) in [5, 5.41) is 7.91. The van der Waals surface area contributed by atoms with Crippen molar-refractivity contribution in [1.82, 2.24) is 15.6 Å². The Morgan fingerprint density at radius 2 is 2.06 bits per heavy atom. The number of likely N-dealkylation sites (N-methyl/N-ethyl adjacent to an activating group) is 1. The fourth-order valence-corrected chi connectivity index (χ4v) is 5.25. The van der Waals surface area contributed by atoms with Crippen molar-refractivity contribution in [3.8, 4) is 5.75 Å². The standard InChI is InChI=1S/C26H34N4O2/c1-27-11-12-32-21-5-3-18(4-6-21)24-14-26(23-8-7-22(31-2)13-25(23)29-24)30-16-19-9-10-28-15-20(19)17-30/h3,5,7-8,13-14,19-20,27-28H,4,6,9-12,15-17H2,1-2H3. The molecule has 0 bridgehead atoms. The van der Waals surface area contributed by atoms with Gasteiger partial charge in [-0.3, -0.25) is 0 Å². The first-order valence-corrected chi connectivity index (χ1v) is 11.9. The molecular formula is C26H34N4O2. The number of fused-ring (bicyclic) bond motifs is 2. The third-order valence-electron chi connectivity index (χ3n) is 7.09. The van der Waals surface area contributed by atoms with Crippen LogP contribution in [0.2, 0.25) is 0 Å². The minimum atomic E-state index is 0.704. The third kappa shape index (κ3) is 4.34. The lowest BCUT2D eigenvalue weighted by Gasteiger charge is -2.23. The summed E-state index contributed by atoms with van der Waals surface area (Å²) in [5.41, 5.74) is 4.66. The van der Waals surface area contributed by atoms with Gasteiger partial charge in [0.15, 0.2) is 0 Å². The number of rotatable bonds is 7.